The Bertz CT molecular complexity index is 743. The Hall–Kier alpha value is -2.17. The zero-order chi connectivity index (χ0) is 17.2. The number of rotatable bonds is 3. The fourth-order valence-corrected chi connectivity index (χ4v) is 3.36. The van der Waals surface area contributed by atoms with Crippen LogP contribution in [0.1, 0.15) is 28.8 Å². The van der Waals surface area contributed by atoms with Crippen molar-refractivity contribution in [2.75, 3.05) is 19.7 Å². The summed E-state index contributed by atoms with van der Waals surface area (Å²) < 4.78 is 0. The van der Waals surface area contributed by atoms with Crippen LogP contribution in [0.2, 0.25) is 0 Å². The molecule has 126 valence electrons. The second kappa shape index (κ2) is 6.75. The van der Waals surface area contributed by atoms with Gasteiger partial charge in [0.05, 0.1) is 13.2 Å². The van der Waals surface area contributed by atoms with E-state index in [4.69, 9.17) is 0 Å². The van der Waals surface area contributed by atoms with Gasteiger partial charge < -0.3 is 15.1 Å². The summed E-state index contributed by atoms with van der Waals surface area (Å²) in [6.45, 7) is 2.48. The highest BCUT2D eigenvalue weighted by molar-refractivity contribution is 6.01. The van der Waals surface area contributed by atoms with Gasteiger partial charge in [0, 0.05) is 12.1 Å². The van der Waals surface area contributed by atoms with Crippen LogP contribution in [-0.4, -0.2) is 46.3 Å². The van der Waals surface area contributed by atoms with Gasteiger partial charge in [-0.3, -0.25) is 4.79 Å². The minimum absolute atomic E-state index is 0.0968. The van der Waals surface area contributed by atoms with Gasteiger partial charge in [-0.25, -0.2) is 0 Å². The highest BCUT2D eigenvalue weighted by atomic mass is 16.3. The van der Waals surface area contributed by atoms with Crippen LogP contribution in [-0.2, 0) is 0 Å². The van der Waals surface area contributed by atoms with Crippen LogP contribution in [0.15, 0.2) is 48.5 Å². The molecule has 0 bridgehead atoms. The lowest BCUT2D eigenvalue weighted by molar-refractivity contribution is -0.0598. The van der Waals surface area contributed by atoms with Crippen molar-refractivity contribution in [1.29, 1.82) is 0 Å². The highest BCUT2D eigenvalue weighted by Crippen LogP contribution is 2.29. The van der Waals surface area contributed by atoms with E-state index >= 15 is 0 Å². The number of β-amino-alcohol motifs (C(OH)–C–C–N with tert-alkyl or cyclic N) is 1. The van der Waals surface area contributed by atoms with Gasteiger partial charge in [-0.1, -0.05) is 42.5 Å². The number of aryl methyl sites for hydroxylation is 1. The Morgan fingerprint density at radius 1 is 1.12 bits per heavy atom. The van der Waals surface area contributed by atoms with E-state index in [1.165, 1.54) is 0 Å². The Labute approximate surface area is 142 Å². The van der Waals surface area contributed by atoms with E-state index in [-0.39, 0.29) is 19.1 Å². The summed E-state index contributed by atoms with van der Waals surface area (Å²) in [6.07, 6.45) is 1.21. The van der Waals surface area contributed by atoms with Crippen molar-refractivity contribution in [3.05, 3.63) is 59.7 Å². The number of carbonyl (C=O) groups excluding carboxylic acids is 1. The predicted octanol–water partition coefficient (Wildman–Crippen LogP) is 2.62. The molecule has 1 heterocycles. The van der Waals surface area contributed by atoms with Gasteiger partial charge in [-0.15, -0.1) is 0 Å². The van der Waals surface area contributed by atoms with Crippen LogP contribution >= 0.6 is 0 Å². The first-order valence-electron chi connectivity index (χ1n) is 8.32. The van der Waals surface area contributed by atoms with Crippen molar-refractivity contribution in [2.45, 2.75) is 25.4 Å². The van der Waals surface area contributed by atoms with Crippen LogP contribution in [0.4, 0.5) is 0 Å². The molecule has 1 aliphatic heterocycles. The molecule has 2 aromatic rings. The van der Waals surface area contributed by atoms with Crippen LogP contribution in [0, 0.1) is 6.92 Å². The second-order valence-electron chi connectivity index (χ2n) is 6.57. The number of aliphatic hydroxyl groups excluding tert-OH is 1. The number of nitrogens with zero attached hydrogens (tertiary/aromatic N) is 1. The van der Waals surface area contributed by atoms with Gasteiger partial charge in [0.25, 0.3) is 5.91 Å². The zero-order valence-corrected chi connectivity index (χ0v) is 13.9. The van der Waals surface area contributed by atoms with Crippen LogP contribution in [0.25, 0.3) is 11.1 Å². The van der Waals surface area contributed by atoms with Crippen LogP contribution in [0.3, 0.4) is 0 Å². The Morgan fingerprint density at radius 3 is 2.50 bits per heavy atom. The maximum atomic E-state index is 13.0. The number of piperidine rings is 1. The van der Waals surface area contributed by atoms with Gasteiger partial charge in [0.1, 0.15) is 5.60 Å². The normalized spacial score (nSPS) is 20.9. The van der Waals surface area contributed by atoms with E-state index in [9.17, 15) is 15.0 Å². The molecule has 1 aliphatic rings. The molecule has 4 nitrogen and oxygen atoms in total. The predicted molar refractivity (Wildman–Crippen MR) is 93.8 cm³/mol. The van der Waals surface area contributed by atoms with Gasteiger partial charge in [-0.05, 0) is 42.5 Å². The molecule has 1 amide bonds. The number of hydrogen-bond acceptors (Lipinski definition) is 3. The van der Waals surface area contributed by atoms with E-state index < -0.39 is 5.60 Å². The summed E-state index contributed by atoms with van der Waals surface area (Å²) in [7, 11) is 0. The minimum Gasteiger partial charge on any atom is -0.393 e. The lowest BCUT2D eigenvalue weighted by Crippen LogP contribution is -2.52. The number of amides is 1. The van der Waals surface area contributed by atoms with Crippen molar-refractivity contribution in [3.8, 4) is 11.1 Å². The van der Waals surface area contributed by atoms with E-state index in [1.807, 2.05) is 55.5 Å². The third-order valence-corrected chi connectivity index (χ3v) is 4.73. The number of aliphatic hydroxyl groups is 2. The molecule has 0 aliphatic carbocycles. The first kappa shape index (κ1) is 16.7. The molecule has 3 rings (SSSR count). The number of carbonyl (C=O) groups is 1. The van der Waals surface area contributed by atoms with Gasteiger partial charge in [-0.2, -0.15) is 0 Å². The van der Waals surface area contributed by atoms with E-state index in [0.717, 1.165) is 16.7 Å². The summed E-state index contributed by atoms with van der Waals surface area (Å²) in [4.78, 5) is 14.7. The summed E-state index contributed by atoms with van der Waals surface area (Å²) in [5.74, 6) is -0.0968. The van der Waals surface area contributed by atoms with Crippen molar-refractivity contribution in [1.82, 2.24) is 4.90 Å². The van der Waals surface area contributed by atoms with E-state index in [2.05, 4.69) is 0 Å². The third-order valence-electron chi connectivity index (χ3n) is 4.73. The van der Waals surface area contributed by atoms with Crippen LogP contribution < -0.4 is 0 Å². The third kappa shape index (κ3) is 3.21. The average Bonchev–Trinajstić information content (AvgIpc) is 2.62. The molecule has 0 unspecified atom stereocenters. The van der Waals surface area contributed by atoms with Crippen molar-refractivity contribution in [3.63, 3.8) is 0 Å². The first-order valence-corrected chi connectivity index (χ1v) is 8.32. The average molecular weight is 325 g/mol. The molecule has 0 saturated carbocycles. The largest absolute Gasteiger partial charge is 0.393 e. The molecule has 1 saturated heterocycles. The molecule has 1 atom stereocenters. The molecular weight excluding hydrogens is 302 g/mol. The Kier molecular flexibility index (Phi) is 4.69. The van der Waals surface area contributed by atoms with Gasteiger partial charge in [0.15, 0.2) is 0 Å². The van der Waals surface area contributed by atoms with Crippen molar-refractivity contribution < 1.29 is 15.0 Å². The summed E-state index contributed by atoms with van der Waals surface area (Å²) in [6, 6.07) is 15.6. The van der Waals surface area contributed by atoms with Gasteiger partial charge in [0.2, 0.25) is 0 Å². The van der Waals surface area contributed by atoms with Gasteiger partial charge >= 0.3 is 0 Å². The lowest BCUT2D eigenvalue weighted by atomic mass is 9.91. The summed E-state index contributed by atoms with van der Waals surface area (Å²) in [5, 5.41) is 19.7. The summed E-state index contributed by atoms with van der Waals surface area (Å²) in [5.41, 5.74) is 2.50. The monoisotopic (exact) mass is 325 g/mol. The number of hydrogen-bond donors (Lipinski definition) is 2. The smallest absolute Gasteiger partial charge is 0.254 e. The molecule has 2 aromatic carbocycles. The molecule has 1 fully saturated rings. The molecule has 0 spiro atoms. The fraction of sp³-hybridized carbons (Fsp3) is 0.350. The Morgan fingerprint density at radius 2 is 1.79 bits per heavy atom. The van der Waals surface area contributed by atoms with E-state index in [0.29, 0.717) is 24.9 Å². The molecule has 4 heteroatoms. The summed E-state index contributed by atoms with van der Waals surface area (Å²) >= 11 is 0. The molecule has 2 N–H and O–H groups in total. The van der Waals surface area contributed by atoms with Crippen molar-refractivity contribution >= 4 is 5.91 Å². The quantitative estimate of drug-likeness (QED) is 0.912. The Balaban J connectivity index is 1.96. The van der Waals surface area contributed by atoms with Crippen LogP contribution in [0.5, 0.6) is 0 Å². The van der Waals surface area contributed by atoms with E-state index in [1.54, 1.807) is 4.90 Å². The zero-order valence-electron chi connectivity index (χ0n) is 13.9. The number of benzene rings is 2. The lowest BCUT2D eigenvalue weighted by Gasteiger charge is -2.38. The SMILES string of the molecule is Cc1ccccc1-c1ccccc1C(=O)N1CCC[C@](O)(CO)C1. The molecule has 24 heavy (non-hydrogen) atoms. The second-order valence-corrected chi connectivity index (χ2v) is 6.57. The maximum absolute atomic E-state index is 13.0. The van der Waals surface area contributed by atoms with Crippen molar-refractivity contribution in [2.24, 2.45) is 0 Å². The molecule has 0 aromatic heterocycles. The topological polar surface area (TPSA) is 60.8 Å². The highest BCUT2D eigenvalue weighted by Gasteiger charge is 2.35. The minimum atomic E-state index is -1.19. The fourth-order valence-electron chi connectivity index (χ4n) is 3.36. The first-order chi connectivity index (χ1) is 11.5. The molecule has 0 radical (unpaired) electrons. The number of likely N-dealkylation sites (tertiary alicyclic amines) is 1. The maximum Gasteiger partial charge on any atom is 0.254 e. The molecular formula is C20H23NO3. The standard InChI is InChI=1S/C20H23NO3/c1-15-7-2-3-8-16(15)17-9-4-5-10-18(17)19(23)21-12-6-11-20(24,13-21)14-22/h2-5,7-10,22,24H,6,11-14H2,1H3/t20-/m1/s1.